The van der Waals surface area contributed by atoms with E-state index in [-0.39, 0.29) is 34.1 Å². The van der Waals surface area contributed by atoms with Crippen molar-refractivity contribution < 1.29 is 12.8 Å². The van der Waals surface area contributed by atoms with Crippen molar-refractivity contribution in [2.75, 3.05) is 12.3 Å². The second-order valence-electron chi connectivity index (χ2n) is 4.56. The molecule has 20 heavy (non-hydrogen) atoms. The van der Waals surface area contributed by atoms with Gasteiger partial charge in [0.05, 0.1) is 16.2 Å². The molecule has 0 saturated heterocycles. The molecule has 1 aromatic rings. The molecule has 0 bridgehead atoms. The van der Waals surface area contributed by atoms with Gasteiger partial charge in [-0.15, -0.1) is 0 Å². The van der Waals surface area contributed by atoms with Crippen molar-refractivity contribution in [3.63, 3.8) is 0 Å². The first-order valence-electron chi connectivity index (χ1n) is 6.01. The lowest BCUT2D eigenvalue weighted by Gasteiger charge is -2.21. The maximum Gasteiger partial charge on any atom is 0.245 e. The van der Waals surface area contributed by atoms with Gasteiger partial charge < -0.3 is 5.73 Å². The molecule has 5 nitrogen and oxygen atoms in total. The second kappa shape index (κ2) is 5.68. The van der Waals surface area contributed by atoms with Gasteiger partial charge in [0.15, 0.2) is 0 Å². The number of sulfonamides is 1. The van der Waals surface area contributed by atoms with Crippen LogP contribution in [0.5, 0.6) is 0 Å². The Kier molecular flexibility index (Phi) is 4.32. The Morgan fingerprint density at radius 1 is 1.50 bits per heavy atom. The number of hydrogen-bond donors (Lipinski definition) is 1. The van der Waals surface area contributed by atoms with Gasteiger partial charge in [0.2, 0.25) is 10.0 Å². The van der Waals surface area contributed by atoms with Crippen LogP contribution < -0.4 is 5.73 Å². The summed E-state index contributed by atoms with van der Waals surface area (Å²) in [6.45, 7) is 0.123. The molecule has 0 amide bonds. The van der Waals surface area contributed by atoms with E-state index in [9.17, 15) is 12.8 Å². The van der Waals surface area contributed by atoms with E-state index in [1.807, 2.05) is 6.07 Å². The molecule has 0 spiro atoms. The smallest absolute Gasteiger partial charge is 0.245 e. The highest BCUT2D eigenvalue weighted by Crippen LogP contribution is 2.35. The summed E-state index contributed by atoms with van der Waals surface area (Å²) >= 11 is 2.96. The van der Waals surface area contributed by atoms with Gasteiger partial charge in [-0.2, -0.15) is 9.57 Å². The lowest BCUT2D eigenvalue weighted by molar-refractivity contribution is 0.411. The van der Waals surface area contributed by atoms with Gasteiger partial charge in [0.25, 0.3) is 0 Å². The zero-order chi connectivity index (χ0) is 14.9. The number of hydrogen-bond acceptors (Lipinski definition) is 4. The van der Waals surface area contributed by atoms with Crippen LogP contribution in [0, 0.1) is 17.1 Å². The minimum absolute atomic E-state index is 0.0429. The van der Waals surface area contributed by atoms with Crippen molar-refractivity contribution in [2.45, 2.75) is 30.2 Å². The van der Waals surface area contributed by atoms with Gasteiger partial charge in [-0.25, -0.2) is 12.8 Å². The Bertz CT molecular complexity index is 668. The zero-order valence-electron chi connectivity index (χ0n) is 10.5. The molecule has 108 valence electrons. The van der Waals surface area contributed by atoms with Crippen LogP contribution in [0.3, 0.4) is 0 Å². The minimum Gasteiger partial charge on any atom is -0.398 e. The van der Waals surface area contributed by atoms with Crippen molar-refractivity contribution in [1.29, 1.82) is 5.26 Å². The number of anilines is 1. The molecule has 1 saturated carbocycles. The lowest BCUT2D eigenvalue weighted by atomic mass is 10.3. The fourth-order valence-electron chi connectivity index (χ4n) is 1.92. The predicted octanol–water partition coefficient (Wildman–Crippen LogP) is 2.24. The average molecular weight is 362 g/mol. The number of benzene rings is 1. The third kappa shape index (κ3) is 2.95. The summed E-state index contributed by atoms with van der Waals surface area (Å²) in [6.07, 6.45) is 1.65. The van der Waals surface area contributed by atoms with Crippen LogP contribution in [0.25, 0.3) is 0 Å². The number of nitrogens with zero attached hydrogens (tertiary/aromatic N) is 2. The molecule has 0 unspecified atom stereocenters. The van der Waals surface area contributed by atoms with Crippen LogP contribution in [0.2, 0.25) is 0 Å². The number of nitrogens with two attached hydrogens (primary N) is 1. The summed E-state index contributed by atoms with van der Waals surface area (Å²) in [5, 5.41) is 8.64. The molecule has 8 heteroatoms. The van der Waals surface area contributed by atoms with Crippen molar-refractivity contribution in [1.82, 2.24) is 4.31 Å². The largest absolute Gasteiger partial charge is 0.398 e. The van der Waals surface area contributed by atoms with Gasteiger partial charge in [-0.05, 0) is 40.9 Å². The van der Waals surface area contributed by atoms with Crippen LogP contribution in [0.15, 0.2) is 21.5 Å². The fourth-order valence-corrected chi connectivity index (χ4v) is 4.22. The molecule has 2 N–H and O–H groups in total. The molecule has 1 aromatic carbocycles. The van der Waals surface area contributed by atoms with Crippen LogP contribution >= 0.6 is 15.9 Å². The molecule has 0 aromatic heterocycles. The molecule has 0 atom stereocenters. The highest BCUT2D eigenvalue weighted by atomic mass is 79.9. The highest BCUT2D eigenvalue weighted by Gasteiger charge is 2.38. The standard InChI is InChI=1S/C12H13BrFN3O2S/c13-9-6-12(11(16)7-10(9)14)20(18,19)17(5-1-4-15)8-2-3-8/h6-8H,1-3,5,16H2. The monoisotopic (exact) mass is 361 g/mol. The zero-order valence-corrected chi connectivity index (χ0v) is 12.9. The molecule has 0 heterocycles. The highest BCUT2D eigenvalue weighted by molar-refractivity contribution is 9.10. The molecule has 0 aliphatic heterocycles. The Hall–Kier alpha value is -1.17. The summed E-state index contributed by atoms with van der Waals surface area (Å²) in [5.41, 5.74) is 5.50. The number of nitrogen functional groups attached to an aromatic ring is 1. The molecule has 2 rings (SSSR count). The molecular formula is C12H13BrFN3O2S. The number of rotatable bonds is 5. The van der Waals surface area contributed by atoms with E-state index in [2.05, 4.69) is 15.9 Å². The summed E-state index contributed by atoms with van der Waals surface area (Å²) < 4.78 is 39.9. The van der Waals surface area contributed by atoms with E-state index in [1.54, 1.807) is 0 Å². The third-order valence-corrected chi connectivity index (χ3v) is 5.65. The quantitative estimate of drug-likeness (QED) is 0.814. The maximum atomic E-state index is 13.3. The average Bonchev–Trinajstić information content (AvgIpc) is 3.18. The van der Waals surface area contributed by atoms with E-state index >= 15 is 0 Å². The first kappa shape index (κ1) is 15.2. The van der Waals surface area contributed by atoms with Crippen molar-refractivity contribution in [2.24, 2.45) is 0 Å². The summed E-state index contributed by atoms with van der Waals surface area (Å²) in [5.74, 6) is -0.614. The van der Waals surface area contributed by atoms with E-state index in [0.29, 0.717) is 0 Å². The first-order chi connectivity index (χ1) is 9.37. The Morgan fingerprint density at radius 2 is 2.15 bits per heavy atom. The van der Waals surface area contributed by atoms with Gasteiger partial charge >= 0.3 is 0 Å². The Balaban J connectivity index is 2.43. The summed E-state index contributed by atoms with van der Waals surface area (Å²) in [7, 11) is -3.82. The van der Waals surface area contributed by atoms with Crippen LogP contribution in [0.4, 0.5) is 10.1 Å². The Labute approximate surface area is 125 Å². The van der Waals surface area contributed by atoms with Crippen molar-refractivity contribution in [3.05, 3.63) is 22.4 Å². The van der Waals surface area contributed by atoms with Gasteiger partial charge in [-0.3, -0.25) is 0 Å². The van der Waals surface area contributed by atoms with E-state index in [1.165, 1.54) is 10.4 Å². The van der Waals surface area contributed by atoms with Gasteiger partial charge in [0.1, 0.15) is 10.7 Å². The maximum absolute atomic E-state index is 13.3. The predicted molar refractivity (Wildman–Crippen MR) is 75.7 cm³/mol. The Morgan fingerprint density at radius 3 is 2.70 bits per heavy atom. The topological polar surface area (TPSA) is 87.2 Å². The minimum atomic E-state index is -3.82. The summed E-state index contributed by atoms with van der Waals surface area (Å²) in [6, 6.07) is 3.99. The SMILES string of the molecule is N#CCCN(C1CC1)S(=O)(=O)c1cc(Br)c(F)cc1N. The van der Waals surface area contributed by atoms with E-state index < -0.39 is 15.8 Å². The molecular weight excluding hydrogens is 349 g/mol. The van der Waals surface area contributed by atoms with Crippen LogP contribution in [-0.4, -0.2) is 25.3 Å². The number of halogens is 2. The molecule has 1 aliphatic rings. The lowest BCUT2D eigenvalue weighted by Crippen LogP contribution is -2.34. The molecule has 0 radical (unpaired) electrons. The summed E-state index contributed by atoms with van der Waals surface area (Å²) in [4.78, 5) is -0.129. The number of nitriles is 1. The molecule has 1 fully saturated rings. The van der Waals surface area contributed by atoms with Crippen LogP contribution in [-0.2, 0) is 10.0 Å². The van der Waals surface area contributed by atoms with Crippen LogP contribution in [0.1, 0.15) is 19.3 Å². The van der Waals surface area contributed by atoms with Crippen molar-refractivity contribution >= 4 is 31.6 Å². The normalized spacial score (nSPS) is 15.3. The van der Waals surface area contributed by atoms with Crippen molar-refractivity contribution in [3.8, 4) is 6.07 Å². The third-order valence-electron chi connectivity index (χ3n) is 3.04. The van der Waals surface area contributed by atoms with E-state index in [4.69, 9.17) is 11.0 Å². The fraction of sp³-hybridized carbons (Fsp3) is 0.417. The van der Waals surface area contributed by atoms with Gasteiger partial charge in [0, 0.05) is 19.0 Å². The van der Waals surface area contributed by atoms with Gasteiger partial charge in [-0.1, -0.05) is 0 Å². The van der Waals surface area contributed by atoms with E-state index in [0.717, 1.165) is 18.9 Å². The first-order valence-corrected chi connectivity index (χ1v) is 8.24. The second-order valence-corrected chi connectivity index (χ2v) is 7.27. The molecule has 1 aliphatic carbocycles.